The van der Waals surface area contributed by atoms with E-state index in [0.29, 0.717) is 23.3 Å². The van der Waals surface area contributed by atoms with Gasteiger partial charge in [0, 0.05) is 18.6 Å². The van der Waals surface area contributed by atoms with Gasteiger partial charge in [-0.2, -0.15) is 0 Å². The van der Waals surface area contributed by atoms with E-state index in [1.54, 1.807) is 19.1 Å². The second-order valence-electron chi connectivity index (χ2n) is 5.00. The highest BCUT2D eigenvalue weighted by Crippen LogP contribution is 2.24. The number of nitrogens with one attached hydrogen (secondary N) is 1. The lowest BCUT2D eigenvalue weighted by Crippen LogP contribution is -2.14. The number of nitrogens with zero attached hydrogens (tertiary/aromatic N) is 1. The minimum atomic E-state index is -4.00. The minimum absolute atomic E-state index is 0.0637. The molecule has 0 amide bonds. The Labute approximate surface area is 137 Å². The summed E-state index contributed by atoms with van der Waals surface area (Å²) < 4.78 is 58.5. The predicted octanol–water partition coefficient (Wildman–Crippen LogP) is 3.73. The molecule has 3 aromatic rings. The third-order valence-electron chi connectivity index (χ3n) is 3.25. The van der Waals surface area contributed by atoms with Gasteiger partial charge < -0.3 is 4.42 Å². The standard InChI is InChI=1S/C16H12F2N2O3S/c1-10-19-9-16(23-10)11-2-5-13(6-3-11)24(21,22)20-15-7-4-12(17)8-14(15)18/h2-9,20H,1H3. The highest BCUT2D eigenvalue weighted by molar-refractivity contribution is 7.92. The highest BCUT2D eigenvalue weighted by atomic mass is 32.2. The summed E-state index contributed by atoms with van der Waals surface area (Å²) in [7, 11) is -4.00. The summed E-state index contributed by atoms with van der Waals surface area (Å²) in [6, 6.07) is 8.41. The zero-order valence-corrected chi connectivity index (χ0v) is 13.3. The van der Waals surface area contributed by atoms with Crippen LogP contribution in [0.2, 0.25) is 0 Å². The fraction of sp³-hybridized carbons (Fsp3) is 0.0625. The molecule has 0 saturated heterocycles. The first-order valence-electron chi connectivity index (χ1n) is 6.86. The van der Waals surface area contributed by atoms with Crippen LogP contribution in [-0.4, -0.2) is 13.4 Å². The summed E-state index contributed by atoms with van der Waals surface area (Å²) in [5.41, 5.74) is 0.328. The molecule has 1 heterocycles. The van der Waals surface area contributed by atoms with Crippen LogP contribution in [0.4, 0.5) is 14.5 Å². The second-order valence-corrected chi connectivity index (χ2v) is 6.68. The average molecular weight is 350 g/mol. The molecule has 0 spiro atoms. The Morgan fingerprint density at radius 3 is 2.38 bits per heavy atom. The van der Waals surface area contributed by atoms with Gasteiger partial charge in [-0.05, 0) is 36.4 Å². The van der Waals surface area contributed by atoms with Gasteiger partial charge in [-0.25, -0.2) is 22.2 Å². The zero-order valence-electron chi connectivity index (χ0n) is 12.5. The molecule has 3 rings (SSSR count). The first kappa shape index (κ1) is 16.1. The zero-order chi connectivity index (χ0) is 17.3. The van der Waals surface area contributed by atoms with Gasteiger partial charge in [-0.1, -0.05) is 0 Å². The first-order valence-corrected chi connectivity index (χ1v) is 8.34. The third kappa shape index (κ3) is 3.28. The molecule has 1 aromatic heterocycles. The molecule has 0 atom stereocenters. The van der Waals surface area contributed by atoms with Gasteiger partial charge in [0.1, 0.15) is 11.6 Å². The summed E-state index contributed by atoms with van der Waals surface area (Å²) in [4.78, 5) is 3.90. The molecule has 0 bridgehead atoms. The molecule has 0 radical (unpaired) electrons. The van der Waals surface area contributed by atoms with Crippen LogP contribution >= 0.6 is 0 Å². The molecule has 0 saturated carbocycles. The molecule has 0 aliphatic heterocycles. The number of anilines is 1. The van der Waals surface area contributed by atoms with Crippen LogP contribution in [0.15, 0.2) is 58.0 Å². The lowest BCUT2D eigenvalue weighted by Gasteiger charge is -2.09. The maximum atomic E-state index is 13.6. The number of aromatic nitrogens is 1. The lowest BCUT2D eigenvalue weighted by atomic mass is 10.2. The van der Waals surface area contributed by atoms with Crippen LogP contribution < -0.4 is 4.72 Å². The number of oxazole rings is 1. The van der Waals surface area contributed by atoms with Crippen molar-refractivity contribution in [3.05, 3.63) is 66.2 Å². The van der Waals surface area contributed by atoms with Crippen molar-refractivity contribution < 1.29 is 21.6 Å². The van der Waals surface area contributed by atoms with Gasteiger partial charge in [0.2, 0.25) is 0 Å². The number of sulfonamides is 1. The van der Waals surface area contributed by atoms with Crippen LogP contribution in [0.5, 0.6) is 0 Å². The summed E-state index contributed by atoms with van der Waals surface area (Å²) in [5.74, 6) is -0.779. The molecule has 0 aliphatic carbocycles. The van der Waals surface area contributed by atoms with Gasteiger partial charge in [0.15, 0.2) is 11.7 Å². The average Bonchev–Trinajstić information content (AvgIpc) is 2.97. The van der Waals surface area contributed by atoms with Crippen LogP contribution in [0.25, 0.3) is 11.3 Å². The molecule has 5 nitrogen and oxygen atoms in total. The Balaban J connectivity index is 1.87. The van der Waals surface area contributed by atoms with E-state index in [1.807, 2.05) is 0 Å². The Kier molecular flexibility index (Phi) is 4.06. The van der Waals surface area contributed by atoms with Gasteiger partial charge in [-0.3, -0.25) is 4.72 Å². The maximum Gasteiger partial charge on any atom is 0.261 e. The number of hydrogen-bond donors (Lipinski definition) is 1. The minimum Gasteiger partial charge on any atom is -0.441 e. The van der Waals surface area contributed by atoms with Crippen molar-refractivity contribution in [3.8, 4) is 11.3 Å². The highest BCUT2D eigenvalue weighted by Gasteiger charge is 2.17. The van der Waals surface area contributed by atoms with E-state index < -0.39 is 21.7 Å². The van der Waals surface area contributed by atoms with Crippen molar-refractivity contribution in [1.82, 2.24) is 4.98 Å². The van der Waals surface area contributed by atoms with Crippen molar-refractivity contribution in [1.29, 1.82) is 0 Å². The Bertz CT molecular complexity index is 983. The monoisotopic (exact) mass is 350 g/mol. The van der Waals surface area contributed by atoms with Crippen LogP contribution in [0, 0.1) is 18.6 Å². The lowest BCUT2D eigenvalue weighted by molar-refractivity contribution is 0.534. The van der Waals surface area contributed by atoms with Crippen molar-refractivity contribution >= 4 is 15.7 Å². The SMILES string of the molecule is Cc1ncc(-c2ccc(S(=O)(=O)Nc3ccc(F)cc3F)cc2)o1. The van der Waals surface area contributed by atoms with E-state index in [1.165, 1.54) is 18.3 Å². The van der Waals surface area contributed by atoms with Gasteiger partial charge in [0.05, 0.1) is 16.8 Å². The van der Waals surface area contributed by atoms with E-state index in [0.717, 1.165) is 12.1 Å². The first-order chi connectivity index (χ1) is 11.3. The van der Waals surface area contributed by atoms with E-state index in [9.17, 15) is 17.2 Å². The van der Waals surface area contributed by atoms with Crippen molar-refractivity contribution in [2.75, 3.05) is 4.72 Å². The predicted molar refractivity (Wildman–Crippen MR) is 83.8 cm³/mol. The number of aryl methyl sites for hydroxylation is 1. The molecule has 0 fully saturated rings. The fourth-order valence-corrected chi connectivity index (χ4v) is 3.14. The second kappa shape index (κ2) is 6.04. The molecule has 1 N–H and O–H groups in total. The number of hydrogen-bond acceptors (Lipinski definition) is 4. The largest absolute Gasteiger partial charge is 0.441 e. The topological polar surface area (TPSA) is 72.2 Å². The van der Waals surface area contributed by atoms with Crippen molar-refractivity contribution in [2.45, 2.75) is 11.8 Å². The fourth-order valence-electron chi connectivity index (χ4n) is 2.07. The molecule has 8 heteroatoms. The smallest absolute Gasteiger partial charge is 0.261 e. The number of rotatable bonds is 4. The summed E-state index contributed by atoms with van der Waals surface area (Å²) >= 11 is 0. The van der Waals surface area contributed by atoms with Crippen LogP contribution in [0.3, 0.4) is 0 Å². The van der Waals surface area contributed by atoms with E-state index in [2.05, 4.69) is 9.71 Å². The van der Waals surface area contributed by atoms with E-state index in [4.69, 9.17) is 4.42 Å². The third-order valence-corrected chi connectivity index (χ3v) is 4.63. The molecular weight excluding hydrogens is 338 g/mol. The molecule has 0 aliphatic rings. The Hall–Kier alpha value is -2.74. The molecule has 124 valence electrons. The molecule has 0 unspecified atom stereocenters. The van der Waals surface area contributed by atoms with Gasteiger partial charge >= 0.3 is 0 Å². The maximum absolute atomic E-state index is 13.6. The van der Waals surface area contributed by atoms with Gasteiger partial charge in [-0.15, -0.1) is 0 Å². The van der Waals surface area contributed by atoms with E-state index in [-0.39, 0.29) is 10.6 Å². The molecule has 24 heavy (non-hydrogen) atoms. The summed E-state index contributed by atoms with van der Waals surface area (Å²) in [5, 5.41) is 0. The summed E-state index contributed by atoms with van der Waals surface area (Å²) in [6.45, 7) is 1.70. The van der Waals surface area contributed by atoms with Crippen LogP contribution in [0.1, 0.15) is 5.89 Å². The normalized spacial score (nSPS) is 11.5. The summed E-state index contributed by atoms with van der Waals surface area (Å²) in [6.07, 6.45) is 1.53. The van der Waals surface area contributed by atoms with Crippen LogP contribution in [-0.2, 0) is 10.0 Å². The number of benzene rings is 2. The van der Waals surface area contributed by atoms with E-state index >= 15 is 0 Å². The molecule has 2 aromatic carbocycles. The number of halogens is 2. The van der Waals surface area contributed by atoms with Crippen molar-refractivity contribution in [3.63, 3.8) is 0 Å². The Morgan fingerprint density at radius 2 is 1.79 bits per heavy atom. The van der Waals surface area contributed by atoms with Crippen molar-refractivity contribution in [2.24, 2.45) is 0 Å². The quantitative estimate of drug-likeness (QED) is 0.778. The molecular formula is C16H12F2N2O3S. The Morgan fingerprint density at radius 1 is 1.08 bits per heavy atom. The van der Waals surface area contributed by atoms with Gasteiger partial charge in [0.25, 0.3) is 10.0 Å².